The molecule has 0 heterocycles. The molecule has 0 atom stereocenters. The third-order valence-electron chi connectivity index (χ3n) is 3.27. The van der Waals surface area contributed by atoms with Crippen LogP contribution in [0.1, 0.15) is 20.7 Å². The maximum atomic E-state index is 12.8. The molecule has 6 heteroatoms. The zero-order valence-corrected chi connectivity index (χ0v) is 12.7. The van der Waals surface area contributed by atoms with Crippen molar-refractivity contribution < 1.29 is 18.7 Å². The van der Waals surface area contributed by atoms with Gasteiger partial charge in [-0.2, -0.15) is 0 Å². The summed E-state index contributed by atoms with van der Waals surface area (Å²) in [5, 5.41) is 0. The van der Waals surface area contributed by atoms with Crippen molar-refractivity contribution in [2.75, 3.05) is 20.2 Å². The Morgan fingerprint density at radius 2 is 1.61 bits per heavy atom. The number of primary amides is 1. The molecule has 0 aliphatic carbocycles. The van der Waals surface area contributed by atoms with Crippen molar-refractivity contribution in [2.45, 2.75) is 0 Å². The van der Waals surface area contributed by atoms with E-state index in [2.05, 4.69) is 0 Å². The molecule has 0 saturated carbocycles. The fourth-order valence-electron chi connectivity index (χ4n) is 1.93. The summed E-state index contributed by atoms with van der Waals surface area (Å²) in [5.74, 6) is -0.518. The molecule has 0 radical (unpaired) electrons. The van der Waals surface area contributed by atoms with E-state index >= 15 is 0 Å². The Morgan fingerprint density at radius 3 is 2.17 bits per heavy atom. The van der Waals surface area contributed by atoms with Gasteiger partial charge in [0, 0.05) is 18.2 Å². The van der Waals surface area contributed by atoms with Crippen LogP contribution in [0.5, 0.6) is 5.75 Å². The molecule has 0 saturated heterocycles. The maximum absolute atomic E-state index is 12.8. The molecule has 2 aromatic rings. The summed E-state index contributed by atoms with van der Waals surface area (Å²) in [6.07, 6.45) is 0. The van der Waals surface area contributed by atoms with E-state index in [-0.39, 0.29) is 18.3 Å². The van der Waals surface area contributed by atoms with Crippen molar-refractivity contribution in [2.24, 2.45) is 5.73 Å². The highest BCUT2D eigenvalue weighted by molar-refractivity contribution is 5.97. The van der Waals surface area contributed by atoms with Crippen LogP contribution in [0.4, 0.5) is 4.39 Å². The molecular weight excluding hydrogens is 299 g/mol. The summed E-state index contributed by atoms with van der Waals surface area (Å²) in [4.78, 5) is 24.7. The van der Waals surface area contributed by atoms with E-state index in [4.69, 9.17) is 10.5 Å². The van der Waals surface area contributed by atoms with Crippen LogP contribution < -0.4 is 10.5 Å². The summed E-state index contributed by atoms with van der Waals surface area (Å²) >= 11 is 0. The lowest BCUT2D eigenvalue weighted by Gasteiger charge is -2.17. The number of likely N-dealkylation sites (N-methyl/N-ethyl adjacent to an activating group) is 1. The van der Waals surface area contributed by atoms with Crippen LogP contribution >= 0.6 is 0 Å². The number of hydrogen-bond acceptors (Lipinski definition) is 3. The Morgan fingerprint density at radius 1 is 1.04 bits per heavy atom. The largest absolute Gasteiger partial charge is 0.492 e. The summed E-state index contributed by atoms with van der Waals surface area (Å²) in [6.45, 7) is 0.654. The summed E-state index contributed by atoms with van der Waals surface area (Å²) < 4.78 is 18.2. The standard InChI is InChI=1S/C17H17FN2O3/c1-20(10-11-23-15-8-6-14(18)7-9-15)17(22)13-4-2-12(3-5-13)16(19)21/h2-9H,10-11H2,1H3,(H2,19,21). The first-order chi connectivity index (χ1) is 11.0. The van der Waals surface area contributed by atoms with Gasteiger partial charge in [-0.3, -0.25) is 9.59 Å². The zero-order chi connectivity index (χ0) is 16.8. The molecule has 2 rings (SSSR count). The van der Waals surface area contributed by atoms with E-state index in [1.165, 1.54) is 41.3 Å². The number of carbonyl (C=O) groups is 2. The molecule has 2 N–H and O–H groups in total. The molecule has 0 fully saturated rings. The lowest BCUT2D eigenvalue weighted by atomic mass is 10.1. The van der Waals surface area contributed by atoms with Gasteiger partial charge in [0.2, 0.25) is 5.91 Å². The Labute approximate surface area is 133 Å². The molecule has 0 aliphatic heterocycles. The SMILES string of the molecule is CN(CCOc1ccc(F)cc1)C(=O)c1ccc(C(N)=O)cc1. The predicted molar refractivity (Wildman–Crippen MR) is 83.8 cm³/mol. The topological polar surface area (TPSA) is 72.6 Å². The molecule has 5 nitrogen and oxygen atoms in total. The fraction of sp³-hybridized carbons (Fsp3) is 0.176. The molecule has 2 aromatic carbocycles. The van der Waals surface area contributed by atoms with E-state index in [0.717, 1.165) is 0 Å². The number of hydrogen-bond donors (Lipinski definition) is 1. The molecule has 0 bridgehead atoms. The summed E-state index contributed by atoms with van der Waals surface area (Å²) in [5.41, 5.74) is 5.96. The minimum Gasteiger partial charge on any atom is -0.492 e. The van der Waals surface area contributed by atoms with Gasteiger partial charge in [0.05, 0.1) is 6.54 Å². The highest BCUT2D eigenvalue weighted by Crippen LogP contribution is 2.11. The first-order valence-corrected chi connectivity index (χ1v) is 7.01. The van der Waals surface area contributed by atoms with Crippen molar-refractivity contribution in [1.82, 2.24) is 4.90 Å². The zero-order valence-electron chi connectivity index (χ0n) is 12.7. The van der Waals surface area contributed by atoms with Gasteiger partial charge in [0.25, 0.3) is 5.91 Å². The first-order valence-electron chi connectivity index (χ1n) is 7.01. The van der Waals surface area contributed by atoms with Gasteiger partial charge < -0.3 is 15.4 Å². The van der Waals surface area contributed by atoms with Gasteiger partial charge in [-0.25, -0.2) is 4.39 Å². The number of nitrogens with two attached hydrogens (primary N) is 1. The van der Waals surface area contributed by atoms with Gasteiger partial charge in [-0.05, 0) is 48.5 Å². The smallest absolute Gasteiger partial charge is 0.253 e. The lowest BCUT2D eigenvalue weighted by molar-refractivity contribution is 0.0773. The molecule has 23 heavy (non-hydrogen) atoms. The summed E-state index contributed by atoms with van der Waals surface area (Å²) in [6, 6.07) is 11.8. The van der Waals surface area contributed by atoms with Crippen molar-refractivity contribution in [3.05, 3.63) is 65.5 Å². The minimum absolute atomic E-state index is 0.191. The van der Waals surface area contributed by atoms with Crippen molar-refractivity contribution in [3.8, 4) is 5.75 Å². The van der Waals surface area contributed by atoms with E-state index in [0.29, 0.717) is 23.4 Å². The van der Waals surface area contributed by atoms with E-state index in [1.54, 1.807) is 19.2 Å². The Balaban J connectivity index is 1.87. The molecule has 2 amide bonds. The van der Waals surface area contributed by atoms with Crippen LogP contribution in [-0.4, -0.2) is 36.9 Å². The predicted octanol–water partition coefficient (Wildman–Crippen LogP) is 2.08. The second-order valence-electron chi connectivity index (χ2n) is 4.97. The van der Waals surface area contributed by atoms with Crippen LogP contribution in [0.25, 0.3) is 0 Å². The first kappa shape index (κ1) is 16.5. The second kappa shape index (κ2) is 7.40. The van der Waals surface area contributed by atoms with E-state index in [1.807, 2.05) is 0 Å². The van der Waals surface area contributed by atoms with Crippen molar-refractivity contribution >= 4 is 11.8 Å². The number of halogens is 1. The van der Waals surface area contributed by atoms with Gasteiger partial charge in [0.1, 0.15) is 18.2 Å². The van der Waals surface area contributed by atoms with Crippen LogP contribution in [-0.2, 0) is 0 Å². The average Bonchev–Trinajstić information content (AvgIpc) is 2.56. The monoisotopic (exact) mass is 316 g/mol. The molecular formula is C17H17FN2O3. The third kappa shape index (κ3) is 4.54. The van der Waals surface area contributed by atoms with Gasteiger partial charge >= 0.3 is 0 Å². The van der Waals surface area contributed by atoms with Gasteiger partial charge in [-0.15, -0.1) is 0 Å². The normalized spacial score (nSPS) is 10.2. The number of benzene rings is 2. The lowest BCUT2D eigenvalue weighted by Crippen LogP contribution is -2.30. The number of carbonyl (C=O) groups excluding carboxylic acids is 2. The number of nitrogens with zero attached hydrogens (tertiary/aromatic N) is 1. The van der Waals surface area contributed by atoms with Crippen LogP contribution in [0.2, 0.25) is 0 Å². The number of ether oxygens (including phenoxy) is 1. The quantitative estimate of drug-likeness (QED) is 0.887. The number of amides is 2. The third-order valence-corrected chi connectivity index (χ3v) is 3.27. The molecule has 0 aliphatic rings. The van der Waals surface area contributed by atoms with Crippen molar-refractivity contribution in [3.63, 3.8) is 0 Å². The maximum Gasteiger partial charge on any atom is 0.253 e. The van der Waals surface area contributed by atoms with Gasteiger partial charge in [-0.1, -0.05) is 0 Å². The average molecular weight is 316 g/mol. The van der Waals surface area contributed by atoms with E-state index in [9.17, 15) is 14.0 Å². The second-order valence-corrected chi connectivity index (χ2v) is 4.97. The molecule has 0 unspecified atom stereocenters. The Kier molecular flexibility index (Phi) is 5.30. The van der Waals surface area contributed by atoms with Crippen LogP contribution in [0, 0.1) is 5.82 Å². The molecule has 0 aromatic heterocycles. The highest BCUT2D eigenvalue weighted by Gasteiger charge is 2.12. The van der Waals surface area contributed by atoms with Crippen molar-refractivity contribution in [1.29, 1.82) is 0 Å². The Hall–Kier alpha value is -2.89. The fourth-order valence-corrected chi connectivity index (χ4v) is 1.93. The molecule has 0 spiro atoms. The highest BCUT2D eigenvalue weighted by atomic mass is 19.1. The van der Waals surface area contributed by atoms with Crippen LogP contribution in [0.15, 0.2) is 48.5 Å². The Bertz CT molecular complexity index is 684. The van der Waals surface area contributed by atoms with Crippen LogP contribution in [0.3, 0.4) is 0 Å². The molecule has 120 valence electrons. The summed E-state index contributed by atoms with van der Waals surface area (Å²) in [7, 11) is 1.65. The van der Waals surface area contributed by atoms with Gasteiger partial charge in [0.15, 0.2) is 0 Å². The minimum atomic E-state index is -0.537. The number of rotatable bonds is 6. The van der Waals surface area contributed by atoms with E-state index < -0.39 is 5.91 Å².